The highest BCUT2D eigenvalue weighted by Gasteiger charge is 2.60. The number of aliphatic hydroxyl groups is 1. The minimum Gasteiger partial charge on any atom is -0.515 e. The molecule has 0 bridgehead atoms. The molecule has 0 saturated carbocycles. The second-order valence-corrected chi connectivity index (χ2v) is 7.82. The first-order valence-corrected chi connectivity index (χ1v) is 9.64. The molecule has 1 spiro atoms. The summed E-state index contributed by atoms with van der Waals surface area (Å²) >= 11 is 0. The number of nitrogens with one attached hydrogen (secondary N) is 1. The summed E-state index contributed by atoms with van der Waals surface area (Å²) in [6.07, 6.45) is 3.24. The van der Waals surface area contributed by atoms with Gasteiger partial charge in [-0.3, -0.25) is 9.69 Å². The predicted octanol–water partition coefficient (Wildman–Crippen LogP) is 2.61. The minimum absolute atomic E-state index is 0.00792. The van der Waals surface area contributed by atoms with Crippen LogP contribution in [0.4, 0.5) is 5.69 Å². The molecule has 2 saturated heterocycles. The van der Waals surface area contributed by atoms with Crippen molar-refractivity contribution in [3.63, 3.8) is 0 Å². The van der Waals surface area contributed by atoms with Crippen molar-refractivity contribution in [2.24, 2.45) is 11.8 Å². The van der Waals surface area contributed by atoms with E-state index in [4.69, 9.17) is 4.74 Å². The summed E-state index contributed by atoms with van der Waals surface area (Å²) in [5, 5.41) is 12.8. The molecule has 6 heteroatoms. The van der Waals surface area contributed by atoms with Gasteiger partial charge < -0.3 is 15.2 Å². The molecule has 1 amide bonds. The molecule has 2 N–H and O–H groups in total. The van der Waals surface area contributed by atoms with Crippen LogP contribution in [0.2, 0.25) is 0 Å². The van der Waals surface area contributed by atoms with Crippen molar-refractivity contribution in [2.45, 2.75) is 37.6 Å². The van der Waals surface area contributed by atoms with E-state index in [9.17, 15) is 14.7 Å². The number of anilines is 1. The number of piperidine rings is 1. The van der Waals surface area contributed by atoms with Crippen molar-refractivity contribution in [2.75, 3.05) is 25.5 Å². The van der Waals surface area contributed by atoms with Crippen molar-refractivity contribution in [1.82, 2.24) is 4.90 Å². The van der Waals surface area contributed by atoms with Crippen LogP contribution in [0.3, 0.4) is 0 Å². The van der Waals surface area contributed by atoms with Crippen molar-refractivity contribution in [1.29, 1.82) is 0 Å². The lowest BCUT2D eigenvalue weighted by Crippen LogP contribution is -2.53. The summed E-state index contributed by atoms with van der Waals surface area (Å²) in [5.74, 6) is -0.312. The Kier molecular flexibility index (Phi) is 4.46. The average molecular weight is 370 g/mol. The lowest BCUT2D eigenvalue weighted by molar-refractivity contribution is -0.137. The molecular formula is C21H26N2O4. The zero-order valence-electron chi connectivity index (χ0n) is 15.8. The summed E-state index contributed by atoms with van der Waals surface area (Å²) in [6, 6.07) is 7.92. The quantitative estimate of drug-likeness (QED) is 0.486. The summed E-state index contributed by atoms with van der Waals surface area (Å²) in [7, 11) is 1.33. The third-order valence-electron chi connectivity index (χ3n) is 6.86. The number of carbonyl (C=O) groups excluding carboxylic acids is 2. The van der Waals surface area contributed by atoms with E-state index in [-0.39, 0.29) is 23.8 Å². The zero-order chi connectivity index (χ0) is 19.2. The predicted molar refractivity (Wildman–Crippen MR) is 101 cm³/mol. The molecule has 3 aliphatic heterocycles. The second-order valence-electron chi connectivity index (χ2n) is 7.82. The normalized spacial score (nSPS) is 32.9. The third-order valence-corrected chi connectivity index (χ3v) is 6.86. The number of nitrogens with zero attached hydrogens (tertiary/aromatic N) is 1. The molecule has 0 unspecified atom stereocenters. The number of amides is 1. The maximum Gasteiger partial charge on any atom is 0.337 e. The molecule has 1 aromatic carbocycles. The fraction of sp³-hybridized carbons (Fsp3) is 0.524. The van der Waals surface area contributed by atoms with Gasteiger partial charge in [0.05, 0.1) is 24.4 Å². The number of hydrogen-bond acceptors (Lipinski definition) is 5. The number of ether oxygens (including phenoxy) is 1. The molecular weight excluding hydrogens is 344 g/mol. The Morgan fingerprint density at radius 3 is 2.93 bits per heavy atom. The van der Waals surface area contributed by atoms with Crippen LogP contribution in [0.25, 0.3) is 0 Å². The Morgan fingerprint density at radius 1 is 1.44 bits per heavy atom. The summed E-state index contributed by atoms with van der Waals surface area (Å²) in [4.78, 5) is 27.7. The molecule has 3 heterocycles. The first kappa shape index (κ1) is 18.0. The van der Waals surface area contributed by atoms with E-state index >= 15 is 0 Å². The molecule has 0 aromatic heterocycles. The first-order chi connectivity index (χ1) is 13.1. The number of para-hydroxylation sites is 1. The van der Waals surface area contributed by atoms with E-state index in [1.165, 1.54) is 7.11 Å². The van der Waals surface area contributed by atoms with Gasteiger partial charge in [-0.15, -0.1) is 0 Å². The first-order valence-electron chi connectivity index (χ1n) is 9.64. The van der Waals surface area contributed by atoms with Gasteiger partial charge in [-0.1, -0.05) is 31.5 Å². The Labute approximate surface area is 159 Å². The van der Waals surface area contributed by atoms with Crippen molar-refractivity contribution in [3.8, 4) is 0 Å². The average Bonchev–Trinajstić information content (AvgIpc) is 3.20. The van der Waals surface area contributed by atoms with Gasteiger partial charge >= 0.3 is 5.97 Å². The van der Waals surface area contributed by atoms with Gasteiger partial charge in [0.2, 0.25) is 5.91 Å². The SMILES string of the molecule is CC[C@@H]1CN2CC[C@]3(C(=O)Nc4ccccc43)[C@@H]2C[C@@H]1/C(=C/O)C(=O)OC. The van der Waals surface area contributed by atoms with Gasteiger partial charge in [-0.2, -0.15) is 0 Å². The number of fused-ring (bicyclic) bond motifs is 4. The van der Waals surface area contributed by atoms with E-state index in [2.05, 4.69) is 17.1 Å². The smallest absolute Gasteiger partial charge is 0.337 e. The van der Waals surface area contributed by atoms with Gasteiger partial charge in [-0.25, -0.2) is 4.79 Å². The van der Waals surface area contributed by atoms with E-state index < -0.39 is 11.4 Å². The summed E-state index contributed by atoms with van der Waals surface area (Å²) < 4.78 is 4.89. The standard InChI is InChI=1S/C21H26N2O4/c1-3-13-11-23-9-8-21(16-6-4-5-7-17(16)22-20(21)26)18(23)10-14(13)15(12-24)19(25)27-2/h4-7,12-14,18,24H,3,8-11H2,1-2H3,(H,22,26)/b15-12-/t13-,14+,18+,21-/m1/s1. The van der Waals surface area contributed by atoms with E-state index in [0.717, 1.165) is 43.4 Å². The molecule has 2 fully saturated rings. The van der Waals surface area contributed by atoms with Gasteiger partial charge in [-0.05, 0) is 42.9 Å². The highest BCUT2D eigenvalue weighted by Crippen LogP contribution is 2.53. The number of rotatable bonds is 3. The van der Waals surface area contributed by atoms with E-state index in [1.54, 1.807) is 0 Å². The second kappa shape index (κ2) is 6.68. The number of methoxy groups -OCH3 is 1. The van der Waals surface area contributed by atoms with Gasteiger partial charge in [0.1, 0.15) is 0 Å². The minimum atomic E-state index is -0.579. The molecule has 27 heavy (non-hydrogen) atoms. The van der Waals surface area contributed by atoms with Crippen LogP contribution in [0, 0.1) is 11.8 Å². The number of aliphatic hydroxyl groups excluding tert-OH is 1. The van der Waals surface area contributed by atoms with Gasteiger partial charge in [0, 0.05) is 18.3 Å². The van der Waals surface area contributed by atoms with Crippen LogP contribution in [-0.2, 0) is 19.7 Å². The van der Waals surface area contributed by atoms with Crippen LogP contribution in [0.1, 0.15) is 31.7 Å². The van der Waals surface area contributed by atoms with Crippen LogP contribution < -0.4 is 5.32 Å². The molecule has 4 rings (SSSR count). The molecule has 144 valence electrons. The maximum atomic E-state index is 13.1. The number of hydrogen-bond donors (Lipinski definition) is 2. The monoisotopic (exact) mass is 370 g/mol. The molecule has 3 aliphatic rings. The Balaban J connectivity index is 1.74. The third kappa shape index (κ3) is 2.50. The Hall–Kier alpha value is -2.34. The fourth-order valence-electron chi connectivity index (χ4n) is 5.51. The fourth-order valence-corrected chi connectivity index (χ4v) is 5.51. The van der Waals surface area contributed by atoms with Crippen molar-refractivity contribution >= 4 is 17.6 Å². The van der Waals surface area contributed by atoms with E-state index in [0.29, 0.717) is 12.0 Å². The summed E-state index contributed by atoms with van der Waals surface area (Å²) in [6.45, 7) is 3.79. The highest BCUT2D eigenvalue weighted by molar-refractivity contribution is 6.07. The molecule has 0 aliphatic carbocycles. The van der Waals surface area contributed by atoms with Crippen LogP contribution in [0.5, 0.6) is 0 Å². The van der Waals surface area contributed by atoms with E-state index in [1.807, 2.05) is 24.3 Å². The molecule has 1 aromatic rings. The van der Waals surface area contributed by atoms with Crippen LogP contribution in [0.15, 0.2) is 36.1 Å². The summed E-state index contributed by atoms with van der Waals surface area (Å²) in [5.41, 5.74) is 1.69. The van der Waals surface area contributed by atoms with Crippen LogP contribution >= 0.6 is 0 Å². The zero-order valence-corrected chi connectivity index (χ0v) is 15.8. The van der Waals surface area contributed by atoms with Gasteiger partial charge in [0.15, 0.2) is 0 Å². The highest BCUT2D eigenvalue weighted by atomic mass is 16.5. The number of esters is 1. The Morgan fingerprint density at radius 2 is 2.22 bits per heavy atom. The lowest BCUT2D eigenvalue weighted by atomic mass is 9.67. The largest absolute Gasteiger partial charge is 0.515 e. The van der Waals surface area contributed by atoms with Crippen molar-refractivity contribution < 1.29 is 19.4 Å². The molecule has 0 radical (unpaired) electrons. The van der Waals surface area contributed by atoms with Gasteiger partial charge in [0.25, 0.3) is 0 Å². The topological polar surface area (TPSA) is 78.9 Å². The number of benzene rings is 1. The number of carbonyl (C=O) groups is 2. The molecule has 4 atom stereocenters. The van der Waals surface area contributed by atoms with Crippen molar-refractivity contribution in [3.05, 3.63) is 41.7 Å². The molecule has 6 nitrogen and oxygen atoms in total. The van der Waals surface area contributed by atoms with Crippen LogP contribution in [-0.4, -0.2) is 48.1 Å². The lowest BCUT2D eigenvalue weighted by Gasteiger charge is -2.44. The maximum absolute atomic E-state index is 13.1. The Bertz CT molecular complexity index is 805.